The molecule has 0 aliphatic carbocycles. The van der Waals surface area contributed by atoms with Gasteiger partial charge in [-0.15, -0.1) is 0 Å². The fourth-order valence-corrected chi connectivity index (χ4v) is 3.65. The van der Waals surface area contributed by atoms with Crippen LogP contribution in [0.1, 0.15) is 42.0 Å². The van der Waals surface area contributed by atoms with Crippen molar-refractivity contribution in [2.24, 2.45) is 0 Å². The molecule has 1 N–H and O–H groups in total. The zero-order chi connectivity index (χ0) is 21.1. The van der Waals surface area contributed by atoms with Gasteiger partial charge in [0.2, 0.25) is 0 Å². The fourth-order valence-electron chi connectivity index (χ4n) is 3.65. The number of benzene rings is 3. The van der Waals surface area contributed by atoms with Gasteiger partial charge in [0, 0.05) is 17.1 Å². The number of nitrogens with zero attached hydrogens (tertiary/aromatic N) is 1. The first-order chi connectivity index (χ1) is 14.5. The molecule has 1 heterocycles. The van der Waals surface area contributed by atoms with Crippen LogP contribution in [0.4, 0.5) is 0 Å². The molecule has 0 atom stereocenters. The second kappa shape index (κ2) is 8.68. The summed E-state index contributed by atoms with van der Waals surface area (Å²) in [6.45, 7) is 7.44. The summed E-state index contributed by atoms with van der Waals surface area (Å²) in [5.41, 5.74) is 7.04. The van der Waals surface area contributed by atoms with Crippen LogP contribution in [0.5, 0.6) is 5.75 Å². The van der Waals surface area contributed by atoms with E-state index in [0.717, 1.165) is 27.6 Å². The second-order valence-electron chi connectivity index (χ2n) is 8.09. The van der Waals surface area contributed by atoms with Crippen LogP contribution in [0.15, 0.2) is 72.9 Å². The molecule has 0 saturated carbocycles. The highest BCUT2D eigenvalue weighted by atomic mass is 16.5. The summed E-state index contributed by atoms with van der Waals surface area (Å²) in [6.07, 6.45) is 1.71. The Labute approximate surface area is 178 Å². The highest BCUT2D eigenvalue weighted by molar-refractivity contribution is 5.94. The summed E-state index contributed by atoms with van der Waals surface area (Å²) in [5, 5.41) is 11.8. The van der Waals surface area contributed by atoms with Gasteiger partial charge in [0.05, 0.1) is 13.2 Å². The molecule has 0 saturated heterocycles. The molecule has 3 heteroatoms. The summed E-state index contributed by atoms with van der Waals surface area (Å²) in [4.78, 5) is 4.43. The molecule has 0 fully saturated rings. The number of aromatic hydroxyl groups is 1. The summed E-state index contributed by atoms with van der Waals surface area (Å²) >= 11 is 0. The van der Waals surface area contributed by atoms with Crippen LogP contribution >= 0.6 is 0 Å². The number of phenolic OH excluding ortho intramolecular Hbond substituents is 1. The van der Waals surface area contributed by atoms with Crippen LogP contribution in [-0.4, -0.2) is 10.1 Å². The molecule has 0 bridgehead atoms. The molecule has 0 unspecified atom stereocenters. The molecule has 1 aromatic heterocycles. The van der Waals surface area contributed by atoms with Crippen molar-refractivity contribution in [1.82, 2.24) is 4.98 Å². The van der Waals surface area contributed by atoms with Gasteiger partial charge in [-0.2, -0.15) is 0 Å². The van der Waals surface area contributed by atoms with E-state index >= 15 is 0 Å². The van der Waals surface area contributed by atoms with E-state index in [0.29, 0.717) is 24.6 Å². The zero-order valence-electron chi connectivity index (χ0n) is 17.7. The maximum absolute atomic E-state index is 10.9. The molecule has 0 spiro atoms. The molecule has 152 valence electrons. The van der Waals surface area contributed by atoms with Crippen molar-refractivity contribution in [1.29, 1.82) is 0 Å². The van der Waals surface area contributed by atoms with Crippen LogP contribution in [-0.2, 0) is 18.0 Å². The van der Waals surface area contributed by atoms with Crippen molar-refractivity contribution in [2.45, 2.75) is 39.9 Å². The van der Waals surface area contributed by atoms with Crippen LogP contribution in [0.3, 0.4) is 0 Å². The minimum absolute atomic E-state index is 0.211. The Kier molecular flexibility index (Phi) is 5.82. The van der Waals surface area contributed by atoms with Gasteiger partial charge in [-0.1, -0.05) is 74.0 Å². The summed E-state index contributed by atoms with van der Waals surface area (Å²) in [6, 6.07) is 22.6. The summed E-state index contributed by atoms with van der Waals surface area (Å²) in [5.74, 6) is 0.735. The highest BCUT2D eigenvalue weighted by Crippen LogP contribution is 2.37. The number of ether oxygens (including phenoxy) is 1. The smallest absolute Gasteiger partial charge is 0.149 e. The molecular weight excluding hydrogens is 370 g/mol. The third-order valence-electron chi connectivity index (χ3n) is 5.49. The van der Waals surface area contributed by atoms with E-state index in [2.05, 4.69) is 50.0 Å². The molecule has 0 aliphatic rings. The van der Waals surface area contributed by atoms with Gasteiger partial charge in [0.25, 0.3) is 0 Å². The normalized spacial score (nSPS) is 11.3. The lowest BCUT2D eigenvalue weighted by molar-refractivity contribution is 0.108. The number of hydrogen-bond donors (Lipinski definition) is 1. The van der Waals surface area contributed by atoms with Crippen molar-refractivity contribution in [3.8, 4) is 16.9 Å². The number of aryl methyl sites for hydroxylation is 1. The summed E-state index contributed by atoms with van der Waals surface area (Å²) < 4.78 is 6.05. The number of rotatable bonds is 6. The minimum atomic E-state index is 0.211. The second-order valence-corrected chi connectivity index (χ2v) is 8.09. The van der Waals surface area contributed by atoms with Gasteiger partial charge in [-0.25, -0.2) is 0 Å². The van der Waals surface area contributed by atoms with Crippen LogP contribution in [0.25, 0.3) is 22.0 Å². The Hall–Kier alpha value is -3.17. The Morgan fingerprint density at radius 1 is 0.933 bits per heavy atom. The van der Waals surface area contributed by atoms with Crippen molar-refractivity contribution >= 4 is 10.9 Å². The maximum Gasteiger partial charge on any atom is 0.149 e. The predicted molar refractivity (Wildman–Crippen MR) is 123 cm³/mol. The molecule has 3 nitrogen and oxygen atoms in total. The third-order valence-corrected chi connectivity index (χ3v) is 5.49. The van der Waals surface area contributed by atoms with Crippen LogP contribution in [0.2, 0.25) is 0 Å². The van der Waals surface area contributed by atoms with E-state index in [1.54, 1.807) is 6.20 Å². The van der Waals surface area contributed by atoms with E-state index < -0.39 is 0 Å². The van der Waals surface area contributed by atoms with Gasteiger partial charge in [-0.05, 0) is 47.2 Å². The molecule has 30 heavy (non-hydrogen) atoms. The number of pyridine rings is 1. The minimum Gasteiger partial charge on any atom is -0.505 e. The molecule has 3 aromatic carbocycles. The Balaban J connectivity index is 1.61. The van der Waals surface area contributed by atoms with Gasteiger partial charge in [0.15, 0.2) is 0 Å². The van der Waals surface area contributed by atoms with E-state index in [1.807, 2.05) is 42.5 Å². The first-order valence-corrected chi connectivity index (χ1v) is 10.4. The van der Waals surface area contributed by atoms with Crippen LogP contribution < -0.4 is 0 Å². The SMILES string of the molecule is Cc1ccc(-c2cc(COCc3ccc(C(C)C)cc3)c3cccnc3c2O)cc1. The van der Waals surface area contributed by atoms with Crippen LogP contribution in [0, 0.1) is 6.92 Å². The van der Waals surface area contributed by atoms with Gasteiger partial charge in [-0.3, -0.25) is 4.98 Å². The fraction of sp³-hybridized carbons (Fsp3) is 0.222. The Morgan fingerprint density at radius 2 is 1.67 bits per heavy atom. The largest absolute Gasteiger partial charge is 0.505 e. The van der Waals surface area contributed by atoms with Crippen molar-refractivity contribution in [3.63, 3.8) is 0 Å². The number of phenols is 1. The van der Waals surface area contributed by atoms with E-state index in [4.69, 9.17) is 4.74 Å². The first kappa shape index (κ1) is 20.1. The van der Waals surface area contributed by atoms with Gasteiger partial charge < -0.3 is 9.84 Å². The van der Waals surface area contributed by atoms with E-state index in [1.165, 1.54) is 11.1 Å². The first-order valence-electron chi connectivity index (χ1n) is 10.4. The van der Waals surface area contributed by atoms with E-state index in [-0.39, 0.29) is 5.75 Å². The van der Waals surface area contributed by atoms with Crippen molar-refractivity contribution < 1.29 is 9.84 Å². The third kappa shape index (κ3) is 4.22. The standard InChI is InChI=1S/C27H27NO2/c1-18(2)21-12-8-20(9-13-21)16-30-17-23-15-25(22-10-6-19(3)7-11-22)27(29)26-24(23)5-4-14-28-26/h4-15,18,29H,16-17H2,1-3H3. The lowest BCUT2D eigenvalue weighted by Crippen LogP contribution is -1.98. The summed E-state index contributed by atoms with van der Waals surface area (Å²) in [7, 11) is 0. The van der Waals surface area contributed by atoms with Gasteiger partial charge >= 0.3 is 0 Å². The Morgan fingerprint density at radius 3 is 2.37 bits per heavy atom. The molecule has 0 radical (unpaired) electrons. The Bertz CT molecular complexity index is 1150. The average molecular weight is 398 g/mol. The molecule has 4 rings (SSSR count). The van der Waals surface area contributed by atoms with Crippen molar-refractivity contribution in [3.05, 3.63) is 95.2 Å². The van der Waals surface area contributed by atoms with Gasteiger partial charge in [0.1, 0.15) is 11.3 Å². The van der Waals surface area contributed by atoms with E-state index in [9.17, 15) is 5.11 Å². The molecule has 4 aromatic rings. The molecule has 0 amide bonds. The monoisotopic (exact) mass is 397 g/mol. The number of hydrogen-bond acceptors (Lipinski definition) is 3. The molecule has 0 aliphatic heterocycles. The average Bonchev–Trinajstić information content (AvgIpc) is 2.76. The maximum atomic E-state index is 10.9. The highest BCUT2D eigenvalue weighted by Gasteiger charge is 2.14. The predicted octanol–water partition coefficient (Wildman–Crippen LogP) is 6.76. The number of fused-ring (bicyclic) bond motifs is 1. The zero-order valence-corrected chi connectivity index (χ0v) is 17.7. The number of aromatic nitrogens is 1. The lowest BCUT2D eigenvalue weighted by atomic mass is 9.97. The topological polar surface area (TPSA) is 42.4 Å². The quantitative estimate of drug-likeness (QED) is 0.391. The molecular formula is C27H27NO2. The van der Waals surface area contributed by atoms with Crippen molar-refractivity contribution in [2.75, 3.05) is 0 Å². The lowest BCUT2D eigenvalue weighted by Gasteiger charge is -2.14.